The first-order valence-corrected chi connectivity index (χ1v) is 9.54. The van der Waals surface area contributed by atoms with Gasteiger partial charge in [-0.25, -0.2) is 4.90 Å². The Hall–Kier alpha value is -2.84. The summed E-state index contributed by atoms with van der Waals surface area (Å²) < 4.78 is 44.8. The third kappa shape index (κ3) is 3.68. The highest BCUT2D eigenvalue weighted by molar-refractivity contribution is 6.45. The summed E-state index contributed by atoms with van der Waals surface area (Å²) in [5.41, 5.74) is -0.309. The normalized spacial score (nSPS) is 17.9. The number of hydrogen-bond acceptors (Lipinski definition) is 4. The van der Waals surface area contributed by atoms with Crippen molar-refractivity contribution in [2.45, 2.75) is 6.18 Å². The van der Waals surface area contributed by atoms with Crippen molar-refractivity contribution in [2.24, 2.45) is 0 Å². The zero-order chi connectivity index (χ0) is 21.5. The SMILES string of the molecule is O=C1C(c2ccc(Cl)cc2)=C(N2CCOCC2)C(=O)N1c1cccc(C(F)(F)F)c1. The highest BCUT2D eigenvalue weighted by Gasteiger charge is 2.43. The van der Waals surface area contributed by atoms with Crippen LogP contribution in [0.4, 0.5) is 18.9 Å². The fraction of sp³-hybridized carbons (Fsp3) is 0.238. The van der Waals surface area contributed by atoms with Crippen LogP contribution in [-0.2, 0) is 20.5 Å². The van der Waals surface area contributed by atoms with Crippen molar-refractivity contribution >= 4 is 34.7 Å². The second-order valence-corrected chi connectivity index (χ2v) is 7.26. The molecule has 1 saturated heterocycles. The molecule has 1 fully saturated rings. The summed E-state index contributed by atoms with van der Waals surface area (Å²) in [6.45, 7) is 1.54. The van der Waals surface area contributed by atoms with Crippen molar-refractivity contribution < 1.29 is 27.5 Å². The summed E-state index contributed by atoms with van der Waals surface area (Å²) in [6.07, 6.45) is -4.60. The highest BCUT2D eigenvalue weighted by atomic mass is 35.5. The molecule has 5 nitrogen and oxygen atoms in total. The summed E-state index contributed by atoms with van der Waals surface area (Å²) in [4.78, 5) is 29.1. The van der Waals surface area contributed by atoms with Crippen molar-refractivity contribution in [1.29, 1.82) is 0 Å². The van der Waals surface area contributed by atoms with Gasteiger partial charge in [-0.15, -0.1) is 0 Å². The van der Waals surface area contributed by atoms with Crippen LogP contribution in [0.1, 0.15) is 11.1 Å². The average molecular weight is 437 g/mol. The number of rotatable bonds is 3. The van der Waals surface area contributed by atoms with Crippen LogP contribution in [0.2, 0.25) is 5.02 Å². The van der Waals surface area contributed by atoms with Crippen LogP contribution in [0, 0.1) is 0 Å². The molecule has 2 aromatic carbocycles. The Morgan fingerprint density at radius 3 is 2.23 bits per heavy atom. The summed E-state index contributed by atoms with van der Waals surface area (Å²) in [5.74, 6) is -1.34. The topological polar surface area (TPSA) is 49.9 Å². The number of hydrogen-bond donors (Lipinski definition) is 0. The first kappa shape index (κ1) is 20.4. The molecule has 2 aromatic rings. The Kier molecular flexibility index (Phi) is 5.29. The molecular formula is C21H16ClF3N2O3. The van der Waals surface area contributed by atoms with Crippen LogP contribution >= 0.6 is 11.6 Å². The molecule has 0 atom stereocenters. The fourth-order valence-corrected chi connectivity index (χ4v) is 3.66. The highest BCUT2D eigenvalue weighted by Crippen LogP contribution is 2.37. The molecule has 2 heterocycles. The van der Waals surface area contributed by atoms with E-state index in [1.807, 2.05) is 0 Å². The maximum Gasteiger partial charge on any atom is 0.416 e. The Bertz CT molecular complexity index is 1030. The van der Waals surface area contributed by atoms with Gasteiger partial charge in [0.2, 0.25) is 0 Å². The third-order valence-electron chi connectivity index (χ3n) is 4.95. The van der Waals surface area contributed by atoms with Crippen LogP contribution in [0.5, 0.6) is 0 Å². The van der Waals surface area contributed by atoms with E-state index in [1.165, 1.54) is 12.1 Å². The Morgan fingerprint density at radius 2 is 1.60 bits per heavy atom. The van der Waals surface area contributed by atoms with Crippen molar-refractivity contribution in [2.75, 3.05) is 31.2 Å². The van der Waals surface area contributed by atoms with Gasteiger partial charge < -0.3 is 9.64 Å². The number of benzene rings is 2. The lowest BCUT2D eigenvalue weighted by atomic mass is 10.0. The van der Waals surface area contributed by atoms with Crippen molar-refractivity contribution in [3.63, 3.8) is 0 Å². The van der Waals surface area contributed by atoms with Gasteiger partial charge in [-0.2, -0.15) is 13.2 Å². The van der Waals surface area contributed by atoms with Gasteiger partial charge in [0.25, 0.3) is 11.8 Å². The van der Waals surface area contributed by atoms with Crippen LogP contribution in [0.25, 0.3) is 5.57 Å². The van der Waals surface area contributed by atoms with Gasteiger partial charge in [0.1, 0.15) is 5.70 Å². The maximum absolute atomic E-state index is 13.3. The quantitative estimate of drug-likeness (QED) is 0.683. The molecule has 0 saturated carbocycles. The number of imide groups is 1. The molecule has 0 aromatic heterocycles. The lowest BCUT2D eigenvalue weighted by molar-refractivity contribution is -0.137. The van der Waals surface area contributed by atoms with Gasteiger partial charge in [0.05, 0.1) is 30.0 Å². The van der Waals surface area contributed by atoms with Gasteiger partial charge in [-0.05, 0) is 35.9 Å². The number of carbonyl (C=O) groups is 2. The molecule has 0 bridgehead atoms. The lowest BCUT2D eigenvalue weighted by Gasteiger charge is -2.29. The van der Waals surface area contributed by atoms with E-state index in [2.05, 4.69) is 0 Å². The van der Waals surface area contributed by atoms with E-state index in [4.69, 9.17) is 16.3 Å². The molecule has 0 N–H and O–H groups in total. The molecule has 4 rings (SSSR count). The number of ether oxygens (including phenoxy) is 1. The molecule has 0 unspecified atom stereocenters. The summed E-state index contributed by atoms with van der Waals surface area (Å²) in [7, 11) is 0. The minimum atomic E-state index is -4.60. The predicted octanol–water partition coefficient (Wildman–Crippen LogP) is 3.98. The van der Waals surface area contributed by atoms with Crippen LogP contribution < -0.4 is 4.90 Å². The van der Waals surface area contributed by atoms with Gasteiger partial charge in [-0.3, -0.25) is 9.59 Å². The molecule has 9 heteroatoms. The van der Waals surface area contributed by atoms with Crippen molar-refractivity contribution in [3.05, 3.63) is 70.4 Å². The Labute approximate surface area is 175 Å². The predicted molar refractivity (Wildman–Crippen MR) is 105 cm³/mol. The first-order valence-electron chi connectivity index (χ1n) is 9.16. The smallest absolute Gasteiger partial charge is 0.378 e. The number of carbonyl (C=O) groups excluding carboxylic acids is 2. The maximum atomic E-state index is 13.3. The van der Waals surface area contributed by atoms with E-state index in [9.17, 15) is 22.8 Å². The van der Waals surface area contributed by atoms with Crippen molar-refractivity contribution in [3.8, 4) is 0 Å². The number of anilines is 1. The van der Waals surface area contributed by atoms with Gasteiger partial charge in [0, 0.05) is 18.1 Å². The average Bonchev–Trinajstić information content (AvgIpc) is 2.99. The largest absolute Gasteiger partial charge is 0.416 e. The first-order chi connectivity index (χ1) is 14.3. The van der Waals surface area contributed by atoms with Gasteiger partial charge in [0.15, 0.2) is 0 Å². The summed E-state index contributed by atoms with van der Waals surface area (Å²) in [6, 6.07) is 10.6. The Morgan fingerprint density at radius 1 is 0.933 bits per heavy atom. The van der Waals surface area contributed by atoms with E-state index in [1.54, 1.807) is 29.2 Å². The molecule has 0 spiro atoms. The van der Waals surface area contributed by atoms with E-state index < -0.39 is 23.6 Å². The number of nitrogens with zero attached hydrogens (tertiary/aromatic N) is 2. The number of alkyl halides is 3. The van der Waals surface area contributed by atoms with E-state index in [0.29, 0.717) is 36.9 Å². The molecule has 2 amide bonds. The summed E-state index contributed by atoms with van der Waals surface area (Å²) >= 11 is 5.94. The number of halogens is 4. The second kappa shape index (κ2) is 7.77. The zero-order valence-corrected chi connectivity index (χ0v) is 16.3. The molecule has 2 aliphatic heterocycles. The molecule has 2 aliphatic rings. The lowest BCUT2D eigenvalue weighted by Crippen LogP contribution is -2.40. The second-order valence-electron chi connectivity index (χ2n) is 6.82. The third-order valence-corrected chi connectivity index (χ3v) is 5.20. The minimum absolute atomic E-state index is 0.130. The van der Waals surface area contributed by atoms with Crippen LogP contribution in [0.3, 0.4) is 0 Å². The van der Waals surface area contributed by atoms with Crippen molar-refractivity contribution in [1.82, 2.24) is 4.90 Å². The van der Waals surface area contributed by atoms with Crippen LogP contribution in [0.15, 0.2) is 54.2 Å². The molecule has 156 valence electrons. The van der Waals surface area contributed by atoms with Gasteiger partial charge in [-0.1, -0.05) is 29.8 Å². The van der Waals surface area contributed by atoms with Gasteiger partial charge >= 0.3 is 6.18 Å². The molecule has 0 aliphatic carbocycles. The molecule has 30 heavy (non-hydrogen) atoms. The number of amides is 2. The van der Waals surface area contributed by atoms with E-state index >= 15 is 0 Å². The fourth-order valence-electron chi connectivity index (χ4n) is 3.53. The molecule has 0 radical (unpaired) electrons. The minimum Gasteiger partial charge on any atom is -0.378 e. The van der Waals surface area contributed by atoms with E-state index in [0.717, 1.165) is 17.0 Å². The monoisotopic (exact) mass is 436 g/mol. The Balaban J connectivity index is 1.81. The molecular weight excluding hydrogens is 421 g/mol. The van der Waals surface area contributed by atoms with E-state index in [-0.39, 0.29) is 17.0 Å². The summed E-state index contributed by atoms with van der Waals surface area (Å²) in [5, 5.41) is 0.457. The van der Waals surface area contributed by atoms with Crippen LogP contribution in [-0.4, -0.2) is 43.0 Å². The zero-order valence-electron chi connectivity index (χ0n) is 15.6. The standard InChI is InChI=1S/C21H16ClF3N2O3/c22-15-6-4-13(5-7-15)17-18(26-8-10-30-11-9-26)20(29)27(19(17)28)16-3-1-2-14(12-16)21(23,24)25/h1-7,12H,8-11H2. The number of morpholine rings is 1.